The molecule has 10 aromatic rings. The molecule has 8 aromatic carbocycles. The fraction of sp³-hybridized carbons (Fsp3) is 0.0847. The molecule has 1 aliphatic heterocycles. The minimum Gasteiger partial charge on any atom is -0.454 e. The molecule has 4 nitrogen and oxygen atoms in total. The van der Waals surface area contributed by atoms with Gasteiger partial charge in [0, 0.05) is 33.0 Å². The first-order valence-corrected chi connectivity index (χ1v) is 22.0. The van der Waals surface area contributed by atoms with Crippen LogP contribution in [0, 0.1) is 5.92 Å². The zero-order chi connectivity index (χ0) is 41.9. The predicted octanol–water partition coefficient (Wildman–Crippen LogP) is 15.5. The number of para-hydroxylation sites is 2. The van der Waals surface area contributed by atoms with E-state index in [1.807, 2.05) is 6.07 Å². The van der Waals surface area contributed by atoms with E-state index >= 15 is 0 Å². The molecule has 0 N–H and O–H groups in total. The Kier molecular flexibility index (Phi) is 8.96. The molecule has 12 rings (SSSR count). The topological polar surface area (TPSA) is 42.8 Å². The third kappa shape index (κ3) is 6.45. The van der Waals surface area contributed by atoms with Crippen LogP contribution < -0.4 is 0 Å². The van der Waals surface area contributed by atoms with Gasteiger partial charge in [0.1, 0.15) is 5.58 Å². The normalized spacial score (nSPS) is 16.7. The molecule has 300 valence electrons. The fourth-order valence-corrected chi connectivity index (χ4v) is 9.78. The van der Waals surface area contributed by atoms with Gasteiger partial charge in [0.05, 0.1) is 28.1 Å². The van der Waals surface area contributed by atoms with Gasteiger partial charge in [0.25, 0.3) is 0 Å². The van der Waals surface area contributed by atoms with E-state index in [4.69, 9.17) is 14.4 Å². The first kappa shape index (κ1) is 37.0. The lowest BCUT2D eigenvalue weighted by atomic mass is 9.90. The van der Waals surface area contributed by atoms with Crippen molar-refractivity contribution in [3.63, 3.8) is 0 Å². The van der Waals surface area contributed by atoms with Gasteiger partial charge in [-0.3, -0.25) is 0 Å². The lowest BCUT2D eigenvalue weighted by molar-refractivity contribution is 0.666. The Balaban J connectivity index is 1.09. The Morgan fingerprint density at radius 2 is 1.22 bits per heavy atom. The SMILES string of the molecule is CC1C/C=C(\C2=CCCC(c3ccccc3)=C2)N=C(c2ccc(-n3c4ccccc4c4cc5ccccc5cc43)c3oc4ccccc4c23)N=C1c1ccc(-c2ccccc2)cc1. The maximum atomic E-state index is 7.01. The number of aromatic nitrogens is 1. The van der Waals surface area contributed by atoms with Gasteiger partial charge in [-0.15, -0.1) is 0 Å². The minimum atomic E-state index is 0.123. The molecule has 2 aliphatic rings. The van der Waals surface area contributed by atoms with E-state index in [1.54, 1.807) is 0 Å². The van der Waals surface area contributed by atoms with Crippen LogP contribution in [0.3, 0.4) is 0 Å². The van der Waals surface area contributed by atoms with Crippen LogP contribution in [-0.4, -0.2) is 16.1 Å². The molecule has 0 saturated heterocycles. The summed E-state index contributed by atoms with van der Waals surface area (Å²) in [7, 11) is 0. The number of fused-ring (bicyclic) bond motifs is 7. The molecule has 0 saturated carbocycles. The zero-order valence-electron chi connectivity index (χ0n) is 35.0. The van der Waals surface area contributed by atoms with Crippen LogP contribution in [0.4, 0.5) is 0 Å². The average molecular weight is 810 g/mol. The lowest BCUT2D eigenvalue weighted by Crippen LogP contribution is -2.17. The predicted molar refractivity (Wildman–Crippen MR) is 264 cm³/mol. The minimum absolute atomic E-state index is 0.123. The van der Waals surface area contributed by atoms with Gasteiger partial charge < -0.3 is 8.98 Å². The number of benzene rings is 8. The highest BCUT2D eigenvalue weighted by atomic mass is 16.3. The third-order valence-corrected chi connectivity index (χ3v) is 12.9. The fourth-order valence-electron chi connectivity index (χ4n) is 9.78. The number of rotatable bonds is 6. The average Bonchev–Trinajstić information content (AvgIpc) is 3.89. The van der Waals surface area contributed by atoms with E-state index in [9.17, 15) is 0 Å². The molecule has 0 radical (unpaired) electrons. The number of hydrogen-bond donors (Lipinski definition) is 0. The van der Waals surface area contributed by atoms with Crippen LogP contribution in [0.25, 0.3) is 76.9 Å². The van der Waals surface area contributed by atoms with Gasteiger partial charge in [-0.1, -0.05) is 165 Å². The Morgan fingerprint density at radius 3 is 2.03 bits per heavy atom. The summed E-state index contributed by atoms with van der Waals surface area (Å²) in [5.41, 5.74) is 15.0. The summed E-state index contributed by atoms with van der Waals surface area (Å²) in [5, 5.41) is 6.87. The van der Waals surface area contributed by atoms with Crippen LogP contribution in [-0.2, 0) is 0 Å². The molecule has 1 unspecified atom stereocenters. The highest BCUT2D eigenvalue weighted by Gasteiger charge is 2.25. The van der Waals surface area contributed by atoms with E-state index in [2.05, 4.69) is 206 Å². The van der Waals surface area contributed by atoms with Crippen LogP contribution in [0.15, 0.2) is 226 Å². The molecule has 4 heteroatoms. The molecule has 0 bridgehead atoms. The molecular formula is C59H43N3O. The van der Waals surface area contributed by atoms with Crippen molar-refractivity contribution in [2.45, 2.75) is 26.2 Å². The monoisotopic (exact) mass is 809 g/mol. The molecule has 63 heavy (non-hydrogen) atoms. The number of amidine groups is 1. The van der Waals surface area contributed by atoms with Crippen LogP contribution in [0.5, 0.6) is 0 Å². The summed E-state index contributed by atoms with van der Waals surface area (Å²) in [6.45, 7) is 2.29. The van der Waals surface area contributed by atoms with Crippen LogP contribution in [0.1, 0.15) is 42.9 Å². The van der Waals surface area contributed by atoms with Crippen molar-refractivity contribution < 1.29 is 4.42 Å². The van der Waals surface area contributed by atoms with Crippen molar-refractivity contribution >= 4 is 71.6 Å². The Bertz CT molecular complexity index is 3580. The summed E-state index contributed by atoms with van der Waals surface area (Å²) in [4.78, 5) is 11.3. The molecule has 2 aromatic heterocycles. The quantitative estimate of drug-likeness (QED) is 0.165. The summed E-state index contributed by atoms with van der Waals surface area (Å²) in [6.07, 6.45) is 9.77. The van der Waals surface area contributed by atoms with Gasteiger partial charge in [-0.2, -0.15) is 0 Å². The van der Waals surface area contributed by atoms with Crippen molar-refractivity contribution in [1.29, 1.82) is 0 Å². The van der Waals surface area contributed by atoms with Gasteiger partial charge in [-0.05, 0) is 106 Å². The molecular weight excluding hydrogens is 767 g/mol. The molecule has 3 heterocycles. The van der Waals surface area contributed by atoms with E-state index in [1.165, 1.54) is 43.8 Å². The molecule has 1 aliphatic carbocycles. The number of furan rings is 1. The van der Waals surface area contributed by atoms with E-state index in [0.717, 1.165) is 86.0 Å². The van der Waals surface area contributed by atoms with Crippen molar-refractivity contribution in [1.82, 2.24) is 4.57 Å². The van der Waals surface area contributed by atoms with Gasteiger partial charge in [-0.25, -0.2) is 9.98 Å². The molecule has 0 fully saturated rings. The van der Waals surface area contributed by atoms with Gasteiger partial charge in [0.15, 0.2) is 11.4 Å². The summed E-state index contributed by atoms with van der Waals surface area (Å²) < 4.78 is 9.39. The molecule has 0 spiro atoms. The van der Waals surface area contributed by atoms with E-state index in [0.29, 0.717) is 5.84 Å². The number of nitrogens with zero attached hydrogens (tertiary/aromatic N) is 3. The number of aliphatic imine (C=N–C) groups is 2. The Morgan fingerprint density at radius 1 is 0.556 bits per heavy atom. The second-order valence-corrected chi connectivity index (χ2v) is 16.8. The van der Waals surface area contributed by atoms with Crippen molar-refractivity contribution in [2.75, 3.05) is 0 Å². The lowest BCUT2D eigenvalue weighted by Gasteiger charge is -2.21. The van der Waals surface area contributed by atoms with Crippen LogP contribution in [0.2, 0.25) is 0 Å². The highest BCUT2D eigenvalue weighted by Crippen LogP contribution is 2.42. The molecule has 1 atom stereocenters. The van der Waals surface area contributed by atoms with Crippen LogP contribution >= 0.6 is 0 Å². The molecule has 0 amide bonds. The highest BCUT2D eigenvalue weighted by molar-refractivity contribution is 6.24. The number of allylic oxidation sites excluding steroid dienone is 4. The maximum Gasteiger partial charge on any atom is 0.160 e. The van der Waals surface area contributed by atoms with E-state index < -0.39 is 0 Å². The van der Waals surface area contributed by atoms with Gasteiger partial charge >= 0.3 is 0 Å². The van der Waals surface area contributed by atoms with Gasteiger partial charge in [0.2, 0.25) is 0 Å². The largest absolute Gasteiger partial charge is 0.454 e. The second-order valence-electron chi connectivity index (χ2n) is 16.8. The standard InChI is InChI=1S/C59H43N3O/c1-38-27-33-51(46-22-14-21-43(35-46)40-17-6-3-7-18-40)60-59(61-57(38)42-30-28-41(29-31-42)39-15-4-2-5-16-39)49-32-34-53(58-56(49)48-24-11-13-26-55(48)63-58)62-52-25-12-10-23-47(52)50-36-44-19-8-9-20-45(44)37-54(50)62/h2-13,15-20,22-26,28-38H,14,21,27H2,1H3/b51-33+,60-59?,61-57?. The smallest absolute Gasteiger partial charge is 0.160 e. The van der Waals surface area contributed by atoms with Crippen molar-refractivity contribution in [2.24, 2.45) is 15.9 Å². The summed E-state index contributed by atoms with van der Waals surface area (Å²) in [5.74, 6) is 0.797. The van der Waals surface area contributed by atoms with Crippen molar-refractivity contribution in [3.05, 3.63) is 228 Å². The summed E-state index contributed by atoms with van der Waals surface area (Å²) in [6, 6.07) is 64.9. The number of hydrogen-bond acceptors (Lipinski definition) is 3. The van der Waals surface area contributed by atoms with Crippen molar-refractivity contribution in [3.8, 4) is 16.8 Å². The second kappa shape index (κ2) is 15.3. The maximum absolute atomic E-state index is 7.01. The first-order valence-electron chi connectivity index (χ1n) is 22.0. The Labute approximate surface area is 366 Å². The first-order chi connectivity index (χ1) is 31.1. The van der Waals surface area contributed by atoms with E-state index in [-0.39, 0.29) is 5.92 Å². The Hall–Kier alpha value is -7.82. The zero-order valence-corrected chi connectivity index (χ0v) is 35.0. The summed E-state index contributed by atoms with van der Waals surface area (Å²) >= 11 is 0. The third-order valence-electron chi connectivity index (χ3n) is 12.9.